The van der Waals surface area contributed by atoms with E-state index in [1.807, 2.05) is 0 Å². The number of alkyl halides is 3. The van der Waals surface area contributed by atoms with E-state index in [-0.39, 0.29) is 31.3 Å². The number of amides is 1. The lowest BCUT2D eigenvalue weighted by atomic mass is 10.1. The molecule has 0 saturated carbocycles. The van der Waals surface area contributed by atoms with Crippen LogP contribution in [0.2, 0.25) is 0 Å². The first kappa shape index (κ1) is 20.7. The van der Waals surface area contributed by atoms with Gasteiger partial charge in [0, 0.05) is 32.1 Å². The van der Waals surface area contributed by atoms with Gasteiger partial charge in [0.2, 0.25) is 15.9 Å². The van der Waals surface area contributed by atoms with Gasteiger partial charge in [0.1, 0.15) is 0 Å². The fraction of sp³-hybridized carbons (Fsp3) is 0.562. The molecule has 2 rings (SSSR count). The summed E-state index contributed by atoms with van der Waals surface area (Å²) in [6, 6.07) is 3.49. The monoisotopic (exact) mass is 393 g/mol. The number of piperidine rings is 1. The van der Waals surface area contributed by atoms with Crippen LogP contribution in [0.3, 0.4) is 0 Å². The van der Waals surface area contributed by atoms with E-state index in [0.29, 0.717) is 19.2 Å². The largest absolute Gasteiger partial charge is 0.416 e. The maximum Gasteiger partial charge on any atom is 0.416 e. The lowest BCUT2D eigenvalue weighted by molar-refractivity contribution is -0.137. The Labute approximate surface area is 150 Å². The van der Waals surface area contributed by atoms with Crippen LogP contribution in [0.25, 0.3) is 0 Å². The minimum Gasteiger partial charge on any atom is -0.341 e. The lowest BCUT2D eigenvalue weighted by Crippen LogP contribution is -2.45. The molecule has 10 heteroatoms. The highest BCUT2D eigenvalue weighted by Gasteiger charge is 2.31. The molecule has 1 saturated heterocycles. The van der Waals surface area contributed by atoms with Crippen molar-refractivity contribution in [3.05, 3.63) is 29.8 Å². The minimum absolute atomic E-state index is 0.0351. The highest BCUT2D eigenvalue weighted by atomic mass is 32.2. The first-order chi connectivity index (χ1) is 12.1. The molecule has 1 atom stereocenters. The number of carbonyl (C=O) groups is 1. The van der Waals surface area contributed by atoms with E-state index in [1.54, 1.807) is 4.90 Å². The van der Waals surface area contributed by atoms with E-state index < -0.39 is 26.7 Å². The first-order valence-corrected chi connectivity index (χ1v) is 9.78. The van der Waals surface area contributed by atoms with E-state index in [9.17, 15) is 26.4 Å². The van der Waals surface area contributed by atoms with E-state index in [2.05, 4.69) is 4.72 Å². The van der Waals surface area contributed by atoms with Crippen molar-refractivity contribution >= 4 is 15.9 Å². The van der Waals surface area contributed by atoms with Gasteiger partial charge >= 0.3 is 6.18 Å². The van der Waals surface area contributed by atoms with Gasteiger partial charge in [0.05, 0.1) is 10.5 Å². The summed E-state index contributed by atoms with van der Waals surface area (Å²) in [5.41, 5.74) is 4.79. The molecule has 1 aromatic carbocycles. The molecule has 1 unspecified atom stereocenters. The summed E-state index contributed by atoms with van der Waals surface area (Å²) in [5, 5.41) is 0. The zero-order valence-electron chi connectivity index (χ0n) is 14.1. The second-order valence-electron chi connectivity index (χ2n) is 6.27. The normalized spacial score (nSPS) is 18.8. The highest BCUT2D eigenvalue weighted by molar-refractivity contribution is 7.89. The Hall–Kier alpha value is -1.65. The van der Waals surface area contributed by atoms with Crippen molar-refractivity contribution in [2.45, 2.75) is 42.8 Å². The molecular weight excluding hydrogens is 371 g/mol. The molecule has 1 heterocycles. The van der Waals surface area contributed by atoms with Crippen LogP contribution in [0.15, 0.2) is 29.2 Å². The first-order valence-electron chi connectivity index (χ1n) is 8.30. The molecule has 0 aliphatic carbocycles. The maximum absolute atomic E-state index is 12.7. The molecule has 1 amide bonds. The van der Waals surface area contributed by atoms with Crippen molar-refractivity contribution in [1.82, 2.24) is 9.62 Å². The van der Waals surface area contributed by atoms with Crippen LogP contribution >= 0.6 is 0 Å². The third-order valence-corrected chi connectivity index (χ3v) is 5.60. The SMILES string of the molecule is NC1CCCN(C(=O)CCCNS(=O)(=O)c2cccc(C(F)(F)F)c2)C1. The Bertz CT molecular complexity index is 738. The van der Waals surface area contributed by atoms with Gasteiger partial charge in [-0.15, -0.1) is 0 Å². The number of nitrogens with two attached hydrogens (primary N) is 1. The van der Waals surface area contributed by atoms with Crippen LogP contribution in [0, 0.1) is 0 Å². The second kappa shape index (κ2) is 8.36. The molecule has 0 spiro atoms. The molecule has 1 fully saturated rings. The van der Waals surface area contributed by atoms with E-state index in [4.69, 9.17) is 5.73 Å². The van der Waals surface area contributed by atoms with Gasteiger partial charge in [-0.1, -0.05) is 6.07 Å². The van der Waals surface area contributed by atoms with Crippen molar-refractivity contribution in [3.8, 4) is 0 Å². The molecule has 0 bridgehead atoms. The van der Waals surface area contributed by atoms with Crippen molar-refractivity contribution in [1.29, 1.82) is 0 Å². The Morgan fingerprint density at radius 1 is 1.35 bits per heavy atom. The number of sulfonamides is 1. The quantitative estimate of drug-likeness (QED) is 0.720. The van der Waals surface area contributed by atoms with Gasteiger partial charge in [0.15, 0.2) is 0 Å². The average molecular weight is 393 g/mol. The number of nitrogens with one attached hydrogen (secondary N) is 1. The zero-order chi connectivity index (χ0) is 19.4. The minimum atomic E-state index is -4.62. The Morgan fingerprint density at radius 2 is 2.08 bits per heavy atom. The van der Waals surface area contributed by atoms with Crippen molar-refractivity contribution in [2.75, 3.05) is 19.6 Å². The number of halogens is 3. The summed E-state index contributed by atoms with van der Waals surface area (Å²) in [6.07, 6.45) is -2.50. The van der Waals surface area contributed by atoms with Crippen molar-refractivity contribution in [2.24, 2.45) is 5.73 Å². The number of hydrogen-bond acceptors (Lipinski definition) is 4. The van der Waals surface area contributed by atoms with Crippen molar-refractivity contribution < 1.29 is 26.4 Å². The van der Waals surface area contributed by atoms with E-state index >= 15 is 0 Å². The topological polar surface area (TPSA) is 92.5 Å². The summed E-state index contributed by atoms with van der Waals surface area (Å²) in [7, 11) is -4.07. The molecule has 3 N–H and O–H groups in total. The zero-order valence-corrected chi connectivity index (χ0v) is 14.9. The number of rotatable bonds is 6. The van der Waals surface area contributed by atoms with Crippen LogP contribution in [0.1, 0.15) is 31.2 Å². The Kier molecular flexibility index (Phi) is 6.64. The molecular formula is C16H22F3N3O3S. The third-order valence-electron chi connectivity index (χ3n) is 4.14. The second-order valence-corrected chi connectivity index (χ2v) is 8.04. The third kappa shape index (κ3) is 5.68. The number of hydrogen-bond donors (Lipinski definition) is 2. The summed E-state index contributed by atoms with van der Waals surface area (Å²) in [5.74, 6) is -0.0987. The molecule has 0 radical (unpaired) electrons. The maximum atomic E-state index is 12.7. The van der Waals surface area contributed by atoms with Crippen LogP contribution in [0.4, 0.5) is 13.2 Å². The van der Waals surface area contributed by atoms with Gasteiger partial charge in [0.25, 0.3) is 0 Å². The van der Waals surface area contributed by atoms with Crippen LogP contribution in [-0.4, -0.2) is 44.9 Å². The molecule has 6 nitrogen and oxygen atoms in total. The van der Waals surface area contributed by atoms with Crippen LogP contribution < -0.4 is 10.5 Å². The average Bonchev–Trinajstić information content (AvgIpc) is 2.58. The molecule has 0 aromatic heterocycles. The summed E-state index contributed by atoms with van der Waals surface area (Å²) >= 11 is 0. The summed E-state index contributed by atoms with van der Waals surface area (Å²) in [4.78, 5) is 13.3. The number of likely N-dealkylation sites (tertiary alicyclic amines) is 1. The molecule has 146 valence electrons. The molecule has 1 aliphatic rings. The molecule has 26 heavy (non-hydrogen) atoms. The van der Waals surface area contributed by atoms with Crippen molar-refractivity contribution in [3.63, 3.8) is 0 Å². The number of nitrogens with zero attached hydrogens (tertiary/aromatic N) is 1. The summed E-state index contributed by atoms with van der Waals surface area (Å²) in [6.45, 7) is 1.10. The Morgan fingerprint density at radius 3 is 2.73 bits per heavy atom. The predicted molar refractivity (Wildman–Crippen MR) is 89.7 cm³/mol. The number of carbonyl (C=O) groups excluding carboxylic acids is 1. The fourth-order valence-corrected chi connectivity index (χ4v) is 3.88. The highest BCUT2D eigenvalue weighted by Crippen LogP contribution is 2.30. The fourth-order valence-electron chi connectivity index (χ4n) is 2.76. The van der Waals surface area contributed by atoms with Gasteiger partial charge in [-0.25, -0.2) is 13.1 Å². The van der Waals surface area contributed by atoms with E-state index in [0.717, 1.165) is 31.0 Å². The van der Waals surface area contributed by atoms with Gasteiger partial charge in [-0.2, -0.15) is 13.2 Å². The molecule has 1 aromatic rings. The van der Waals surface area contributed by atoms with Crippen LogP contribution in [0.5, 0.6) is 0 Å². The Balaban J connectivity index is 1.86. The van der Waals surface area contributed by atoms with Gasteiger partial charge < -0.3 is 10.6 Å². The smallest absolute Gasteiger partial charge is 0.341 e. The van der Waals surface area contributed by atoms with E-state index in [1.165, 1.54) is 0 Å². The molecule has 1 aliphatic heterocycles. The lowest BCUT2D eigenvalue weighted by Gasteiger charge is -2.30. The van der Waals surface area contributed by atoms with Gasteiger partial charge in [-0.3, -0.25) is 4.79 Å². The summed E-state index contributed by atoms with van der Waals surface area (Å²) < 4.78 is 64.5. The number of benzene rings is 1. The van der Waals surface area contributed by atoms with Crippen LogP contribution in [-0.2, 0) is 21.0 Å². The van der Waals surface area contributed by atoms with Gasteiger partial charge in [-0.05, 0) is 37.5 Å². The predicted octanol–water partition coefficient (Wildman–Crippen LogP) is 1.71. The standard InChI is InChI=1S/C16H22F3N3O3S/c17-16(18,19)12-4-1-6-14(10-12)26(24,25)21-8-2-7-15(23)22-9-3-5-13(20)11-22/h1,4,6,10,13,21H,2-3,5,7-9,11,20H2.